The van der Waals surface area contributed by atoms with E-state index >= 15 is 0 Å². The summed E-state index contributed by atoms with van der Waals surface area (Å²) in [6.07, 6.45) is 1.70. The van der Waals surface area contributed by atoms with Gasteiger partial charge < -0.3 is 0 Å². The van der Waals surface area contributed by atoms with E-state index in [9.17, 15) is 0 Å². The molecular weight excluding hydrogens is 974 g/mol. The topological polar surface area (TPSA) is 38.7 Å². The van der Waals surface area contributed by atoms with Crippen LogP contribution in [0.15, 0.2) is 212 Å². The second-order valence-electron chi connectivity index (χ2n) is 20.3. The maximum absolute atomic E-state index is 5.38. The molecule has 0 radical (unpaired) electrons. The summed E-state index contributed by atoms with van der Waals surface area (Å²) in [6.45, 7) is 9.24. The predicted molar refractivity (Wildman–Crippen MR) is 313 cm³/mol. The van der Waals surface area contributed by atoms with Gasteiger partial charge in [0.1, 0.15) is 0 Å². The Morgan fingerprint density at radius 2 is 0.773 bits per heavy atom. The number of aromatic nitrogens is 3. The van der Waals surface area contributed by atoms with E-state index in [1.165, 1.54) is 131 Å². The van der Waals surface area contributed by atoms with Gasteiger partial charge >= 0.3 is 447 Å². The summed E-state index contributed by atoms with van der Waals surface area (Å²) in [7, 11) is 0. The molecule has 0 aliphatic heterocycles. The van der Waals surface area contributed by atoms with Gasteiger partial charge in [0.2, 0.25) is 0 Å². The average Bonchev–Trinajstić information content (AvgIpc) is 4.16. The van der Waals surface area contributed by atoms with Gasteiger partial charge in [0.15, 0.2) is 0 Å². The second-order valence-corrected chi connectivity index (χ2v) is 22.5. The molecule has 10 aromatic carbocycles. The van der Waals surface area contributed by atoms with Gasteiger partial charge in [-0.15, -0.1) is 0 Å². The van der Waals surface area contributed by atoms with E-state index in [1.807, 2.05) is 0 Å². The molecule has 0 saturated heterocycles. The van der Waals surface area contributed by atoms with Crippen molar-refractivity contribution < 1.29 is 0 Å². The number of hydrogen-bond donors (Lipinski definition) is 0. The zero-order chi connectivity index (χ0) is 50.3. The summed E-state index contributed by atoms with van der Waals surface area (Å²) in [5.74, 6) is 0. The SMILES string of the molecule is Cc1cc2c(c(-c3c(-c4ccccc4-c4ccccc4)nnnc3-c3[se]c4ccc(-c5ccccc5-c5ccccc5)c(-c5c(C)c(C)cc6c5Cc5ccccc5-6)c4c3-c3ccccc3)c1C)Cc1ccccc1-2. The first kappa shape index (κ1) is 45.1. The van der Waals surface area contributed by atoms with Crippen LogP contribution in [0.3, 0.4) is 0 Å². The summed E-state index contributed by atoms with van der Waals surface area (Å²) in [6, 6.07) is 78.2. The molecule has 2 aromatic heterocycles. The van der Waals surface area contributed by atoms with Crippen molar-refractivity contribution in [2.24, 2.45) is 0 Å². The average molecular weight is 1030 g/mol. The fourth-order valence-electron chi connectivity index (χ4n) is 12.5. The molecule has 2 aliphatic carbocycles. The van der Waals surface area contributed by atoms with Crippen molar-refractivity contribution in [3.8, 4) is 110 Å². The Morgan fingerprint density at radius 1 is 0.333 bits per heavy atom. The van der Waals surface area contributed by atoms with Gasteiger partial charge in [-0.2, -0.15) is 0 Å². The third-order valence-corrected chi connectivity index (χ3v) is 18.7. The molecule has 0 unspecified atom stereocenters. The Labute approximate surface area is 444 Å². The number of fused-ring (bicyclic) bond motifs is 7. The van der Waals surface area contributed by atoms with Gasteiger partial charge in [-0.1, -0.05) is 0 Å². The van der Waals surface area contributed by atoms with Crippen LogP contribution in [0, 0.1) is 27.7 Å². The summed E-state index contributed by atoms with van der Waals surface area (Å²) in [5.41, 5.74) is 33.0. The molecule has 0 fully saturated rings. The van der Waals surface area contributed by atoms with Crippen LogP contribution in [-0.4, -0.2) is 29.9 Å². The van der Waals surface area contributed by atoms with Crippen molar-refractivity contribution in [2.75, 3.05) is 0 Å². The Kier molecular flexibility index (Phi) is 10.9. The summed E-state index contributed by atoms with van der Waals surface area (Å²) >= 11 is -0.207. The Morgan fingerprint density at radius 3 is 1.33 bits per heavy atom. The first-order valence-corrected chi connectivity index (χ1v) is 27.7. The molecule has 0 atom stereocenters. The predicted octanol–water partition coefficient (Wildman–Crippen LogP) is 17.8. The fraction of sp³-hybridized carbons (Fsp3) is 0.0845. The van der Waals surface area contributed by atoms with Crippen LogP contribution >= 0.6 is 0 Å². The zero-order valence-electron chi connectivity index (χ0n) is 42.4. The van der Waals surface area contributed by atoms with Crippen LogP contribution in [0.2, 0.25) is 0 Å². The number of benzene rings is 10. The molecule has 0 amide bonds. The Hall–Kier alpha value is -8.53. The van der Waals surface area contributed by atoms with E-state index in [2.05, 4.69) is 240 Å². The Balaban J connectivity index is 1.15. The van der Waals surface area contributed by atoms with Crippen molar-refractivity contribution in [1.82, 2.24) is 15.4 Å². The first-order chi connectivity index (χ1) is 36.9. The van der Waals surface area contributed by atoms with Crippen molar-refractivity contribution in [1.29, 1.82) is 0 Å². The van der Waals surface area contributed by atoms with E-state index < -0.39 is 0 Å². The van der Waals surface area contributed by atoms with E-state index in [0.29, 0.717) is 0 Å². The van der Waals surface area contributed by atoms with Gasteiger partial charge in [-0.3, -0.25) is 0 Å². The third kappa shape index (κ3) is 7.27. The molecule has 0 spiro atoms. The molecule has 0 saturated carbocycles. The van der Waals surface area contributed by atoms with Crippen LogP contribution in [0.25, 0.3) is 120 Å². The number of hydrogen-bond acceptors (Lipinski definition) is 3. The zero-order valence-corrected chi connectivity index (χ0v) is 44.1. The van der Waals surface area contributed by atoms with Crippen molar-refractivity contribution >= 4 is 24.1 Å². The summed E-state index contributed by atoms with van der Waals surface area (Å²) in [5, 5.41) is 16.7. The third-order valence-electron chi connectivity index (χ3n) is 16.2. The molecule has 4 heteroatoms. The van der Waals surface area contributed by atoms with E-state index in [-0.39, 0.29) is 14.5 Å². The summed E-state index contributed by atoms with van der Waals surface area (Å²) in [4.78, 5) is 0. The molecule has 0 N–H and O–H groups in total. The molecule has 0 bridgehead atoms. The molecule has 75 heavy (non-hydrogen) atoms. The van der Waals surface area contributed by atoms with Gasteiger partial charge in [-0.25, -0.2) is 0 Å². The number of rotatable bonds is 8. The summed E-state index contributed by atoms with van der Waals surface area (Å²) < 4.78 is 2.56. The van der Waals surface area contributed by atoms with Gasteiger partial charge in [0.05, 0.1) is 0 Å². The quantitative estimate of drug-likeness (QED) is 0.142. The number of aryl methyl sites for hydroxylation is 2. The van der Waals surface area contributed by atoms with Crippen LogP contribution in [-0.2, 0) is 12.8 Å². The standard InChI is InChI=1S/C71H51N3Se/c1-42-38-58-53-32-16-14-28-49(53)40-60(58)63(44(42)3)66-56(55-34-20-18-30-51(55)46-22-8-5-9-23-46)36-37-62-67(66)65(48-26-12-7-13-27-48)71(75-62)70-68(64-45(4)43(2)39-59-54-33-17-15-29-50(54)41-61(59)64)69(72-74-73-70)57-35-21-19-31-52(57)47-24-10-6-11-25-47/h5-39H,40-41H2,1-4H3. The van der Waals surface area contributed by atoms with Crippen LogP contribution in [0.4, 0.5) is 0 Å². The molecule has 2 heterocycles. The van der Waals surface area contributed by atoms with E-state index in [4.69, 9.17) is 15.4 Å². The fourth-order valence-corrected chi connectivity index (χ4v) is 15.1. The van der Waals surface area contributed by atoms with E-state index in [0.717, 1.165) is 46.5 Å². The van der Waals surface area contributed by atoms with Crippen LogP contribution < -0.4 is 0 Å². The minimum absolute atomic E-state index is 0.207. The Bertz CT molecular complexity index is 4260. The maximum atomic E-state index is 5.38. The second kappa shape index (κ2) is 18.1. The molecule has 14 rings (SSSR count). The monoisotopic (exact) mass is 1030 g/mol. The van der Waals surface area contributed by atoms with Crippen molar-refractivity contribution in [3.63, 3.8) is 0 Å². The molecular formula is C71H51N3Se. The molecule has 2 aliphatic rings. The number of nitrogens with zero attached hydrogens (tertiary/aromatic N) is 3. The van der Waals surface area contributed by atoms with Crippen molar-refractivity contribution in [2.45, 2.75) is 40.5 Å². The molecule has 3 nitrogen and oxygen atoms in total. The minimum atomic E-state index is -0.207. The first-order valence-electron chi connectivity index (χ1n) is 26.0. The normalized spacial score (nSPS) is 12.2. The molecule has 12 aromatic rings. The van der Waals surface area contributed by atoms with Crippen LogP contribution in [0.1, 0.15) is 44.5 Å². The molecule has 356 valence electrons. The van der Waals surface area contributed by atoms with Gasteiger partial charge in [0.25, 0.3) is 0 Å². The van der Waals surface area contributed by atoms with Gasteiger partial charge in [0, 0.05) is 0 Å². The van der Waals surface area contributed by atoms with E-state index in [1.54, 1.807) is 0 Å². The van der Waals surface area contributed by atoms with Gasteiger partial charge in [-0.05, 0) is 0 Å². The van der Waals surface area contributed by atoms with Crippen molar-refractivity contribution in [3.05, 3.63) is 257 Å². The van der Waals surface area contributed by atoms with Crippen LogP contribution in [0.5, 0.6) is 0 Å².